The standard InChI is InChI=1S/C19H15NO3S/c1-23-14-11-12-19-17(13-14)16-9-5-6-10-18(16)20(19)24(21,22)15-7-3-2-4-8-15/h2-13H,1H3. The highest BCUT2D eigenvalue weighted by Crippen LogP contribution is 2.34. The number of fused-ring (bicyclic) bond motifs is 3. The maximum atomic E-state index is 13.2. The lowest BCUT2D eigenvalue weighted by Gasteiger charge is -2.09. The molecule has 1 heterocycles. The van der Waals surface area contributed by atoms with Gasteiger partial charge in [-0.05, 0) is 36.4 Å². The van der Waals surface area contributed by atoms with Crippen molar-refractivity contribution in [1.29, 1.82) is 0 Å². The minimum absolute atomic E-state index is 0.267. The summed E-state index contributed by atoms with van der Waals surface area (Å²) >= 11 is 0. The first-order valence-electron chi connectivity index (χ1n) is 7.51. The first-order valence-corrected chi connectivity index (χ1v) is 8.95. The zero-order valence-electron chi connectivity index (χ0n) is 13.0. The quantitative estimate of drug-likeness (QED) is 0.567. The van der Waals surface area contributed by atoms with Crippen LogP contribution in [-0.2, 0) is 10.0 Å². The first kappa shape index (κ1) is 14.8. The van der Waals surface area contributed by atoms with Crippen LogP contribution in [0, 0.1) is 0 Å². The van der Waals surface area contributed by atoms with Crippen LogP contribution in [-0.4, -0.2) is 19.5 Å². The summed E-state index contributed by atoms with van der Waals surface area (Å²) < 4.78 is 33.1. The van der Waals surface area contributed by atoms with Crippen LogP contribution in [0.5, 0.6) is 5.75 Å². The van der Waals surface area contributed by atoms with Crippen molar-refractivity contribution < 1.29 is 13.2 Å². The van der Waals surface area contributed by atoms with Gasteiger partial charge < -0.3 is 4.74 Å². The lowest BCUT2D eigenvalue weighted by atomic mass is 10.1. The van der Waals surface area contributed by atoms with Crippen LogP contribution in [0.1, 0.15) is 0 Å². The largest absolute Gasteiger partial charge is 0.497 e. The third-order valence-corrected chi connectivity index (χ3v) is 5.86. The smallest absolute Gasteiger partial charge is 0.268 e. The van der Waals surface area contributed by atoms with Gasteiger partial charge in [-0.1, -0.05) is 36.4 Å². The molecule has 0 spiro atoms. The minimum atomic E-state index is -3.69. The molecule has 0 bridgehead atoms. The molecule has 120 valence electrons. The van der Waals surface area contributed by atoms with E-state index in [9.17, 15) is 8.42 Å². The van der Waals surface area contributed by atoms with Crippen LogP contribution in [0.15, 0.2) is 77.7 Å². The van der Waals surface area contributed by atoms with Gasteiger partial charge in [-0.25, -0.2) is 12.4 Å². The van der Waals surface area contributed by atoms with Crippen LogP contribution >= 0.6 is 0 Å². The Kier molecular flexibility index (Phi) is 3.32. The number of nitrogens with zero attached hydrogens (tertiary/aromatic N) is 1. The topological polar surface area (TPSA) is 48.3 Å². The highest BCUT2D eigenvalue weighted by Gasteiger charge is 2.23. The number of aromatic nitrogens is 1. The molecule has 0 fully saturated rings. The summed E-state index contributed by atoms with van der Waals surface area (Å²) in [6.07, 6.45) is 0. The van der Waals surface area contributed by atoms with Gasteiger partial charge in [-0.15, -0.1) is 0 Å². The molecule has 0 amide bonds. The van der Waals surface area contributed by atoms with Gasteiger partial charge in [0.15, 0.2) is 0 Å². The molecule has 5 heteroatoms. The maximum absolute atomic E-state index is 13.2. The molecular weight excluding hydrogens is 322 g/mol. The van der Waals surface area contributed by atoms with Gasteiger partial charge in [-0.2, -0.15) is 0 Å². The Labute approximate surface area is 140 Å². The van der Waals surface area contributed by atoms with Gasteiger partial charge in [-0.3, -0.25) is 0 Å². The molecule has 0 saturated heterocycles. The van der Waals surface area contributed by atoms with E-state index in [4.69, 9.17) is 4.74 Å². The molecule has 4 aromatic rings. The summed E-state index contributed by atoms with van der Waals surface area (Å²) in [5.74, 6) is 0.697. The molecule has 4 nitrogen and oxygen atoms in total. The second-order valence-corrected chi connectivity index (χ2v) is 7.27. The molecule has 0 aliphatic rings. The molecule has 0 atom stereocenters. The number of ether oxygens (including phenoxy) is 1. The van der Waals surface area contributed by atoms with Crippen LogP contribution < -0.4 is 4.74 Å². The third kappa shape index (κ3) is 2.09. The van der Waals surface area contributed by atoms with E-state index in [1.165, 1.54) is 3.97 Å². The predicted molar refractivity (Wildman–Crippen MR) is 95.0 cm³/mol. The van der Waals surface area contributed by atoms with Crippen molar-refractivity contribution in [2.75, 3.05) is 7.11 Å². The Morgan fingerprint density at radius 1 is 0.792 bits per heavy atom. The average Bonchev–Trinajstić information content (AvgIpc) is 2.96. The summed E-state index contributed by atoms with van der Waals surface area (Å²) in [5.41, 5.74) is 1.30. The van der Waals surface area contributed by atoms with Crippen molar-refractivity contribution in [2.45, 2.75) is 4.90 Å². The molecule has 1 aromatic heterocycles. The second kappa shape index (κ2) is 5.39. The van der Waals surface area contributed by atoms with Crippen molar-refractivity contribution in [3.05, 3.63) is 72.8 Å². The maximum Gasteiger partial charge on any atom is 0.268 e. The van der Waals surface area contributed by atoms with Crippen LogP contribution in [0.4, 0.5) is 0 Å². The van der Waals surface area contributed by atoms with Gasteiger partial charge in [0.25, 0.3) is 10.0 Å². The van der Waals surface area contributed by atoms with E-state index in [2.05, 4.69) is 0 Å². The van der Waals surface area contributed by atoms with E-state index in [1.807, 2.05) is 30.3 Å². The summed E-state index contributed by atoms with van der Waals surface area (Å²) in [7, 11) is -2.09. The van der Waals surface area contributed by atoms with Crippen LogP contribution in [0.3, 0.4) is 0 Å². The fraction of sp³-hybridized carbons (Fsp3) is 0.0526. The fourth-order valence-electron chi connectivity index (χ4n) is 3.00. The average molecular weight is 337 g/mol. The van der Waals surface area contributed by atoms with E-state index in [0.29, 0.717) is 16.8 Å². The Morgan fingerprint density at radius 2 is 1.46 bits per heavy atom. The number of hydrogen-bond donors (Lipinski definition) is 0. The number of para-hydroxylation sites is 1. The molecule has 4 rings (SSSR count). The molecule has 24 heavy (non-hydrogen) atoms. The molecule has 0 saturated carbocycles. The third-order valence-electron chi connectivity index (χ3n) is 4.12. The van der Waals surface area contributed by atoms with Crippen LogP contribution in [0.2, 0.25) is 0 Å². The molecule has 3 aromatic carbocycles. The van der Waals surface area contributed by atoms with Gasteiger partial charge in [0.05, 0.1) is 23.0 Å². The lowest BCUT2D eigenvalue weighted by molar-refractivity contribution is 0.415. The van der Waals surface area contributed by atoms with Gasteiger partial charge >= 0.3 is 0 Å². The molecule has 0 N–H and O–H groups in total. The summed E-state index contributed by atoms with van der Waals surface area (Å²) in [4.78, 5) is 0.267. The summed E-state index contributed by atoms with van der Waals surface area (Å²) in [6, 6.07) is 21.4. The molecular formula is C19H15NO3S. The zero-order chi connectivity index (χ0) is 16.7. The number of rotatable bonds is 3. The molecule has 0 aliphatic carbocycles. The second-order valence-electron chi connectivity index (χ2n) is 5.48. The zero-order valence-corrected chi connectivity index (χ0v) is 13.8. The molecule has 0 unspecified atom stereocenters. The van der Waals surface area contributed by atoms with E-state index < -0.39 is 10.0 Å². The first-order chi connectivity index (χ1) is 11.6. The van der Waals surface area contributed by atoms with E-state index >= 15 is 0 Å². The van der Waals surface area contributed by atoms with Gasteiger partial charge in [0.1, 0.15) is 5.75 Å². The number of benzene rings is 3. The highest BCUT2D eigenvalue weighted by molar-refractivity contribution is 7.90. The molecule has 0 radical (unpaired) electrons. The van der Waals surface area contributed by atoms with E-state index in [0.717, 1.165) is 10.8 Å². The van der Waals surface area contributed by atoms with Crippen molar-refractivity contribution >= 4 is 31.8 Å². The minimum Gasteiger partial charge on any atom is -0.497 e. The van der Waals surface area contributed by atoms with Crippen molar-refractivity contribution in [1.82, 2.24) is 3.97 Å². The Balaban J connectivity index is 2.15. The van der Waals surface area contributed by atoms with Gasteiger partial charge in [0.2, 0.25) is 0 Å². The summed E-state index contributed by atoms with van der Waals surface area (Å²) in [6.45, 7) is 0. The number of methoxy groups -OCH3 is 1. The Bertz CT molecular complexity index is 1150. The lowest BCUT2D eigenvalue weighted by Crippen LogP contribution is -2.12. The SMILES string of the molecule is COc1ccc2c(c1)c1ccccc1n2S(=O)(=O)c1ccccc1. The Morgan fingerprint density at radius 3 is 2.21 bits per heavy atom. The van der Waals surface area contributed by atoms with Gasteiger partial charge in [0, 0.05) is 10.8 Å². The van der Waals surface area contributed by atoms with Crippen LogP contribution in [0.25, 0.3) is 21.8 Å². The monoisotopic (exact) mass is 337 g/mol. The Hall–Kier alpha value is -2.79. The van der Waals surface area contributed by atoms with E-state index in [-0.39, 0.29) is 4.90 Å². The number of hydrogen-bond acceptors (Lipinski definition) is 3. The highest BCUT2D eigenvalue weighted by atomic mass is 32.2. The van der Waals surface area contributed by atoms with Crippen molar-refractivity contribution in [3.63, 3.8) is 0 Å². The summed E-state index contributed by atoms with van der Waals surface area (Å²) in [5, 5.41) is 1.73. The van der Waals surface area contributed by atoms with Crippen molar-refractivity contribution in [2.24, 2.45) is 0 Å². The van der Waals surface area contributed by atoms with Crippen molar-refractivity contribution in [3.8, 4) is 5.75 Å². The molecule has 0 aliphatic heterocycles. The fourth-order valence-corrected chi connectivity index (χ4v) is 4.55. The normalized spacial score (nSPS) is 11.9. The van der Waals surface area contributed by atoms with E-state index in [1.54, 1.807) is 49.6 Å². The predicted octanol–water partition coefficient (Wildman–Crippen LogP) is 4.04.